The molecule has 0 fully saturated rings. The van der Waals surface area contributed by atoms with E-state index < -0.39 is 0 Å². The van der Waals surface area contributed by atoms with E-state index >= 15 is 0 Å². The van der Waals surface area contributed by atoms with E-state index in [1.165, 1.54) is 16.7 Å². The van der Waals surface area contributed by atoms with E-state index in [4.69, 9.17) is 0 Å². The van der Waals surface area contributed by atoms with Crippen LogP contribution in [-0.2, 0) is 17.8 Å². The second-order valence-electron chi connectivity index (χ2n) is 5.55. The molecule has 0 amide bonds. The maximum absolute atomic E-state index is 11.9. The zero-order valence-corrected chi connectivity index (χ0v) is 12.2. The van der Waals surface area contributed by atoms with Gasteiger partial charge in [-0.15, -0.1) is 0 Å². The summed E-state index contributed by atoms with van der Waals surface area (Å²) >= 11 is 0. The number of carbonyl (C=O) groups is 1. The van der Waals surface area contributed by atoms with Crippen molar-refractivity contribution < 1.29 is 4.79 Å². The van der Waals surface area contributed by atoms with Crippen LogP contribution in [0.15, 0.2) is 18.2 Å². The summed E-state index contributed by atoms with van der Waals surface area (Å²) in [5.74, 6) is 0.419. The topological polar surface area (TPSA) is 29.1 Å². The van der Waals surface area contributed by atoms with E-state index in [-0.39, 0.29) is 5.92 Å². The van der Waals surface area contributed by atoms with Crippen LogP contribution in [0.4, 0.5) is 0 Å². The number of nitrogens with one attached hydrogen (secondary N) is 1. The summed E-state index contributed by atoms with van der Waals surface area (Å²) < 4.78 is 0. The van der Waals surface area contributed by atoms with Gasteiger partial charge in [0.1, 0.15) is 5.78 Å². The van der Waals surface area contributed by atoms with Crippen LogP contribution < -0.4 is 5.32 Å². The molecule has 0 aliphatic heterocycles. The van der Waals surface area contributed by atoms with E-state index in [9.17, 15) is 4.79 Å². The van der Waals surface area contributed by atoms with Crippen molar-refractivity contribution in [3.05, 3.63) is 34.9 Å². The summed E-state index contributed by atoms with van der Waals surface area (Å²) in [7, 11) is 0. The van der Waals surface area contributed by atoms with Gasteiger partial charge in [0.05, 0.1) is 0 Å². The Labute approximate surface area is 111 Å². The zero-order valence-electron chi connectivity index (χ0n) is 12.2. The van der Waals surface area contributed by atoms with E-state index in [1.807, 2.05) is 19.9 Å². The molecule has 0 saturated heterocycles. The SMILES string of the molecule is Cc1cccc(CC(=O)C(C)C)c1CNC(C)C. The van der Waals surface area contributed by atoms with Crippen LogP contribution in [0.2, 0.25) is 0 Å². The van der Waals surface area contributed by atoms with Crippen LogP contribution in [0, 0.1) is 12.8 Å². The molecule has 0 atom stereocenters. The molecule has 1 aromatic carbocycles. The van der Waals surface area contributed by atoms with E-state index in [0.29, 0.717) is 18.2 Å². The third kappa shape index (κ3) is 4.26. The van der Waals surface area contributed by atoms with Crippen LogP contribution >= 0.6 is 0 Å². The first-order valence-electron chi connectivity index (χ1n) is 6.75. The van der Waals surface area contributed by atoms with Crippen LogP contribution in [0.1, 0.15) is 44.4 Å². The Balaban J connectivity index is 2.89. The van der Waals surface area contributed by atoms with Gasteiger partial charge in [0, 0.05) is 24.9 Å². The number of rotatable bonds is 6. The Morgan fingerprint density at radius 2 is 1.89 bits per heavy atom. The van der Waals surface area contributed by atoms with Crippen LogP contribution in [-0.4, -0.2) is 11.8 Å². The molecule has 0 bridgehead atoms. The molecule has 0 aromatic heterocycles. The minimum atomic E-state index is 0.108. The molecule has 1 N–H and O–H groups in total. The summed E-state index contributed by atoms with van der Waals surface area (Å²) in [6.07, 6.45) is 0.550. The predicted octanol–water partition coefficient (Wildman–Crippen LogP) is 3.26. The third-order valence-electron chi connectivity index (χ3n) is 3.20. The lowest BCUT2D eigenvalue weighted by Gasteiger charge is -2.15. The van der Waals surface area contributed by atoms with Crippen molar-refractivity contribution in [2.75, 3.05) is 0 Å². The van der Waals surface area contributed by atoms with Gasteiger partial charge in [0.2, 0.25) is 0 Å². The Morgan fingerprint density at radius 3 is 2.44 bits per heavy atom. The monoisotopic (exact) mass is 247 g/mol. The first kappa shape index (κ1) is 14.9. The Hall–Kier alpha value is -1.15. The Bertz CT molecular complexity index is 408. The predicted molar refractivity (Wildman–Crippen MR) is 76.7 cm³/mol. The van der Waals surface area contributed by atoms with Crippen molar-refractivity contribution in [2.24, 2.45) is 5.92 Å². The molecule has 2 heteroatoms. The minimum absolute atomic E-state index is 0.108. The van der Waals surface area contributed by atoms with Gasteiger partial charge in [-0.2, -0.15) is 0 Å². The summed E-state index contributed by atoms with van der Waals surface area (Å²) in [4.78, 5) is 11.9. The first-order chi connectivity index (χ1) is 8.41. The molecule has 0 aliphatic carbocycles. The van der Waals surface area contributed by atoms with Crippen molar-refractivity contribution in [1.82, 2.24) is 5.32 Å². The maximum Gasteiger partial charge on any atom is 0.139 e. The van der Waals surface area contributed by atoms with Crippen molar-refractivity contribution in [3.63, 3.8) is 0 Å². The van der Waals surface area contributed by atoms with Gasteiger partial charge >= 0.3 is 0 Å². The van der Waals surface area contributed by atoms with Crippen LogP contribution in [0.3, 0.4) is 0 Å². The molecule has 0 heterocycles. The molecule has 2 nitrogen and oxygen atoms in total. The van der Waals surface area contributed by atoms with E-state index in [0.717, 1.165) is 6.54 Å². The summed E-state index contributed by atoms with van der Waals surface area (Å²) in [5, 5.41) is 3.43. The maximum atomic E-state index is 11.9. The fourth-order valence-electron chi connectivity index (χ4n) is 1.88. The lowest BCUT2D eigenvalue weighted by Crippen LogP contribution is -2.23. The molecule has 1 rings (SSSR count). The zero-order chi connectivity index (χ0) is 13.7. The van der Waals surface area contributed by atoms with Gasteiger partial charge in [-0.25, -0.2) is 0 Å². The fraction of sp³-hybridized carbons (Fsp3) is 0.562. The van der Waals surface area contributed by atoms with Gasteiger partial charge in [0.25, 0.3) is 0 Å². The third-order valence-corrected chi connectivity index (χ3v) is 3.20. The van der Waals surface area contributed by atoms with Gasteiger partial charge in [-0.1, -0.05) is 45.9 Å². The van der Waals surface area contributed by atoms with E-state index in [2.05, 4.69) is 38.2 Å². The molecular weight excluding hydrogens is 222 g/mol. The molecule has 0 radical (unpaired) electrons. The second kappa shape index (κ2) is 6.69. The van der Waals surface area contributed by atoms with Crippen molar-refractivity contribution >= 4 is 5.78 Å². The number of Topliss-reactive ketones (excluding diaryl/α,β-unsaturated/α-hetero) is 1. The molecular formula is C16H25NO. The van der Waals surface area contributed by atoms with Gasteiger partial charge < -0.3 is 5.32 Å². The quantitative estimate of drug-likeness (QED) is 0.836. The standard InChI is InChI=1S/C16H25NO/c1-11(2)16(18)9-14-8-6-7-13(5)15(14)10-17-12(3)4/h6-8,11-12,17H,9-10H2,1-5H3. The first-order valence-corrected chi connectivity index (χ1v) is 6.75. The average molecular weight is 247 g/mol. The van der Waals surface area contributed by atoms with Crippen molar-refractivity contribution in [1.29, 1.82) is 0 Å². The smallest absolute Gasteiger partial charge is 0.139 e. The molecule has 0 unspecified atom stereocenters. The number of ketones is 1. The van der Waals surface area contributed by atoms with Crippen LogP contribution in [0.5, 0.6) is 0 Å². The highest BCUT2D eigenvalue weighted by atomic mass is 16.1. The number of benzene rings is 1. The van der Waals surface area contributed by atoms with Crippen molar-refractivity contribution in [2.45, 2.75) is 53.6 Å². The average Bonchev–Trinajstić information content (AvgIpc) is 2.27. The highest BCUT2D eigenvalue weighted by molar-refractivity contribution is 5.83. The van der Waals surface area contributed by atoms with E-state index in [1.54, 1.807) is 0 Å². The highest BCUT2D eigenvalue weighted by Gasteiger charge is 2.12. The molecule has 0 saturated carbocycles. The minimum Gasteiger partial charge on any atom is -0.310 e. The molecule has 0 spiro atoms. The Morgan fingerprint density at radius 1 is 1.22 bits per heavy atom. The molecule has 100 valence electrons. The lowest BCUT2D eigenvalue weighted by molar-refractivity contribution is -0.121. The number of hydrogen-bond donors (Lipinski definition) is 1. The largest absolute Gasteiger partial charge is 0.310 e. The van der Waals surface area contributed by atoms with Gasteiger partial charge in [0.15, 0.2) is 0 Å². The van der Waals surface area contributed by atoms with Crippen LogP contribution in [0.25, 0.3) is 0 Å². The Kier molecular flexibility index (Phi) is 5.54. The normalized spacial score (nSPS) is 11.3. The number of carbonyl (C=O) groups excluding carboxylic acids is 1. The second-order valence-corrected chi connectivity index (χ2v) is 5.55. The highest BCUT2D eigenvalue weighted by Crippen LogP contribution is 2.16. The van der Waals surface area contributed by atoms with Crippen molar-refractivity contribution in [3.8, 4) is 0 Å². The fourth-order valence-corrected chi connectivity index (χ4v) is 1.88. The summed E-state index contributed by atoms with van der Waals surface area (Å²) in [6, 6.07) is 6.68. The van der Waals surface area contributed by atoms with Gasteiger partial charge in [-0.05, 0) is 23.6 Å². The lowest BCUT2D eigenvalue weighted by atomic mass is 9.94. The molecule has 1 aromatic rings. The molecule has 0 aliphatic rings. The van der Waals surface area contributed by atoms with Gasteiger partial charge in [-0.3, -0.25) is 4.79 Å². The summed E-state index contributed by atoms with van der Waals surface area (Å²) in [5.41, 5.74) is 3.71. The summed E-state index contributed by atoms with van der Waals surface area (Å²) in [6.45, 7) is 11.1. The number of aryl methyl sites for hydroxylation is 1. The molecule has 18 heavy (non-hydrogen) atoms. The number of hydrogen-bond acceptors (Lipinski definition) is 2.